The number of hydrogen-bond donors (Lipinski definition) is 0. The molecule has 0 aliphatic carbocycles. The summed E-state index contributed by atoms with van der Waals surface area (Å²) in [5, 5.41) is 0.224. The Morgan fingerprint density at radius 2 is 2.12 bits per heavy atom. The average molecular weight is 278 g/mol. The molecule has 1 aliphatic rings. The molecule has 0 amide bonds. The zero-order chi connectivity index (χ0) is 12.5. The second kappa shape index (κ2) is 4.96. The van der Waals surface area contributed by atoms with Crippen molar-refractivity contribution in [3.05, 3.63) is 12.5 Å². The van der Waals surface area contributed by atoms with Crippen LogP contribution in [-0.2, 0) is 16.6 Å². The van der Waals surface area contributed by atoms with E-state index in [2.05, 4.69) is 4.98 Å². The molecule has 1 aromatic rings. The Morgan fingerprint density at radius 1 is 1.47 bits per heavy atom. The van der Waals surface area contributed by atoms with Crippen LogP contribution < -0.4 is 0 Å². The van der Waals surface area contributed by atoms with Gasteiger partial charge in [-0.3, -0.25) is 0 Å². The van der Waals surface area contributed by atoms with Crippen LogP contribution in [-0.4, -0.2) is 40.7 Å². The minimum atomic E-state index is -3.43. The monoisotopic (exact) mass is 277 g/mol. The van der Waals surface area contributed by atoms with Crippen molar-refractivity contribution in [1.82, 2.24) is 13.9 Å². The van der Waals surface area contributed by atoms with Gasteiger partial charge >= 0.3 is 0 Å². The van der Waals surface area contributed by atoms with E-state index in [1.807, 2.05) is 6.92 Å². The van der Waals surface area contributed by atoms with E-state index in [9.17, 15) is 8.42 Å². The van der Waals surface area contributed by atoms with Crippen LogP contribution in [0.4, 0.5) is 0 Å². The van der Waals surface area contributed by atoms with Gasteiger partial charge in [-0.2, -0.15) is 4.31 Å². The molecule has 0 aromatic carbocycles. The van der Waals surface area contributed by atoms with Crippen molar-refractivity contribution in [2.45, 2.75) is 36.7 Å². The number of hydrogen-bond acceptors (Lipinski definition) is 3. The number of alkyl halides is 1. The van der Waals surface area contributed by atoms with Gasteiger partial charge in [-0.1, -0.05) is 0 Å². The first kappa shape index (κ1) is 12.9. The highest BCUT2D eigenvalue weighted by molar-refractivity contribution is 7.89. The Kier molecular flexibility index (Phi) is 3.75. The van der Waals surface area contributed by atoms with Crippen LogP contribution >= 0.6 is 11.6 Å². The molecule has 1 fully saturated rings. The summed E-state index contributed by atoms with van der Waals surface area (Å²) in [6.07, 6.45) is 4.52. The zero-order valence-corrected chi connectivity index (χ0v) is 11.3. The van der Waals surface area contributed by atoms with E-state index >= 15 is 0 Å². The zero-order valence-electron chi connectivity index (χ0n) is 9.71. The van der Waals surface area contributed by atoms with Crippen molar-refractivity contribution in [2.24, 2.45) is 0 Å². The molecule has 1 saturated heterocycles. The lowest BCUT2D eigenvalue weighted by atomic mass is 10.2. The Balaban J connectivity index is 2.18. The van der Waals surface area contributed by atoms with Crippen LogP contribution in [0.25, 0.3) is 0 Å². The molecule has 2 rings (SSSR count). The fraction of sp³-hybridized carbons (Fsp3) is 0.700. The van der Waals surface area contributed by atoms with Crippen LogP contribution in [0.15, 0.2) is 17.6 Å². The lowest BCUT2D eigenvalue weighted by molar-refractivity contribution is 0.349. The van der Waals surface area contributed by atoms with E-state index < -0.39 is 10.0 Å². The summed E-state index contributed by atoms with van der Waals surface area (Å²) in [6, 6.07) is 0. The van der Waals surface area contributed by atoms with Crippen molar-refractivity contribution in [3.63, 3.8) is 0 Å². The summed E-state index contributed by atoms with van der Waals surface area (Å²) in [7, 11) is -3.43. The van der Waals surface area contributed by atoms with Gasteiger partial charge in [-0.05, 0) is 19.8 Å². The van der Waals surface area contributed by atoms with Crippen LogP contribution in [0.1, 0.15) is 19.8 Å². The topological polar surface area (TPSA) is 55.2 Å². The quantitative estimate of drug-likeness (QED) is 0.783. The molecule has 0 unspecified atom stereocenters. The highest BCUT2D eigenvalue weighted by Gasteiger charge is 2.30. The fourth-order valence-corrected chi connectivity index (χ4v) is 3.44. The number of halogens is 1. The maximum Gasteiger partial charge on any atom is 0.262 e. The first-order chi connectivity index (χ1) is 8.04. The number of piperidine rings is 1. The smallest absolute Gasteiger partial charge is 0.262 e. The number of aryl methyl sites for hydroxylation is 1. The molecular formula is C10H16ClN3O2S. The van der Waals surface area contributed by atoms with Gasteiger partial charge in [0.05, 0.1) is 6.33 Å². The largest absolute Gasteiger partial charge is 0.336 e. The number of aromatic nitrogens is 2. The highest BCUT2D eigenvalue weighted by atomic mass is 35.5. The highest BCUT2D eigenvalue weighted by Crippen LogP contribution is 2.21. The second-order valence-electron chi connectivity index (χ2n) is 4.12. The van der Waals surface area contributed by atoms with Crippen molar-refractivity contribution >= 4 is 21.6 Å². The molecule has 0 bridgehead atoms. The Hall–Kier alpha value is -0.590. The summed E-state index contributed by atoms with van der Waals surface area (Å²) >= 11 is 5.96. The third-order valence-corrected chi connectivity index (χ3v) is 5.18. The van der Waals surface area contributed by atoms with E-state index in [0.717, 1.165) is 0 Å². The van der Waals surface area contributed by atoms with Crippen LogP contribution in [0.2, 0.25) is 0 Å². The average Bonchev–Trinajstić information content (AvgIpc) is 2.78. The summed E-state index contributed by atoms with van der Waals surface area (Å²) in [5.41, 5.74) is 0. The predicted molar refractivity (Wildman–Crippen MR) is 65.5 cm³/mol. The Morgan fingerprint density at radius 3 is 2.65 bits per heavy atom. The molecule has 0 atom stereocenters. The molecule has 17 heavy (non-hydrogen) atoms. The summed E-state index contributed by atoms with van der Waals surface area (Å²) in [6.45, 7) is 3.62. The normalized spacial score (nSPS) is 19.6. The van der Waals surface area contributed by atoms with Crippen molar-refractivity contribution in [2.75, 3.05) is 13.1 Å². The molecule has 0 N–H and O–H groups in total. The minimum absolute atomic E-state index is 0.0923. The van der Waals surface area contributed by atoms with E-state index in [4.69, 9.17) is 11.6 Å². The van der Waals surface area contributed by atoms with E-state index in [1.54, 1.807) is 17.1 Å². The number of imidazole rings is 1. The standard InChI is InChI=1S/C10H16ClN3O2S/c1-2-13-7-10(12-8-13)17(15,16)14-5-3-9(11)4-6-14/h7-9H,2-6H2,1H3. The maximum atomic E-state index is 12.2. The van der Waals surface area contributed by atoms with Gasteiger partial charge in [0.15, 0.2) is 5.03 Å². The SMILES string of the molecule is CCn1cnc(S(=O)(=O)N2CCC(Cl)CC2)c1. The lowest BCUT2D eigenvalue weighted by Gasteiger charge is -2.27. The van der Waals surface area contributed by atoms with Crippen LogP contribution in [0.3, 0.4) is 0 Å². The predicted octanol–water partition coefficient (Wildman–Crippen LogP) is 1.29. The Bertz CT molecular complexity index is 477. The van der Waals surface area contributed by atoms with E-state index in [1.165, 1.54) is 4.31 Å². The van der Waals surface area contributed by atoms with Gasteiger partial charge in [0, 0.05) is 31.2 Å². The van der Waals surface area contributed by atoms with Crippen molar-refractivity contribution in [1.29, 1.82) is 0 Å². The van der Waals surface area contributed by atoms with E-state index in [-0.39, 0.29) is 10.4 Å². The first-order valence-electron chi connectivity index (χ1n) is 5.70. The lowest BCUT2D eigenvalue weighted by Crippen LogP contribution is -2.38. The van der Waals surface area contributed by atoms with Gasteiger partial charge in [-0.25, -0.2) is 13.4 Å². The first-order valence-corrected chi connectivity index (χ1v) is 7.57. The van der Waals surface area contributed by atoms with E-state index in [0.29, 0.717) is 32.5 Å². The molecule has 1 aliphatic heterocycles. The number of nitrogens with zero attached hydrogens (tertiary/aromatic N) is 3. The molecule has 7 heteroatoms. The Labute approximate surface area is 106 Å². The molecule has 5 nitrogen and oxygen atoms in total. The van der Waals surface area contributed by atoms with Gasteiger partial charge in [-0.15, -0.1) is 11.6 Å². The van der Waals surface area contributed by atoms with Crippen LogP contribution in [0, 0.1) is 0 Å². The summed E-state index contributed by atoms with van der Waals surface area (Å²) in [4.78, 5) is 3.95. The van der Waals surface area contributed by atoms with Crippen molar-refractivity contribution in [3.8, 4) is 0 Å². The second-order valence-corrected chi connectivity index (χ2v) is 6.62. The van der Waals surface area contributed by atoms with Crippen molar-refractivity contribution < 1.29 is 8.42 Å². The number of rotatable bonds is 3. The molecule has 2 heterocycles. The molecule has 1 aromatic heterocycles. The van der Waals surface area contributed by atoms with Crippen LogP contribution in [0.5, 0.6) is 0 Å². The molecule has 0 radical (unpaired) electrons. The van der Waals surface area contributed by atoms with Gasteiger partial charge in [0.25, 0.3) is 10.0 Å². The maximum absolute atomic E-state index is 12.2. The third-order valence-electron chi connectivity index (χ3n) is 2.96. The molecule has 0 spiro atoms. The molecule has 96 valence electrons. The minimum Gasteiger partial charge on any atom is -0.336 e. The summed E-state index contributed by atoms with van der Waals surface area (Å²) in [5.74, 6) is 0. The number of sulfonamides is 1. The summed E-state index contributed by atoms with van der Waals surface area (Å²) < 4.78 is 27.7. The fourth-order valence-electron chi connectivity index (χ4n) is 1.84. The van der Waals surface area contributed by atoms with Gasteiger partial charge in [0.2, 0.25) is 0 Å². The molecular weight excluding hydrogens is 262 g/mol. The van der Waals surface area contributed by atoms with Gasteiger partial charge in [0.1, 0.15) is 0 Å². The molecule has 0 saturated carbocycles. The third kappa shape index (κ3) is 2.64. The van der Waals surface area contributed by atoms with Gasteiger partial charge < -0.3 is 4.57 Å².